The molecular formula is C14H20N2O3. The van der Waals surface area contributed by atoms with Crippen LogP contribution in [0.25, 0.3) is 0 Å². The molecule has 0 unspecified atom stereocenters. The van der Waals surface area contributed by atoms with E-state index in [9.17, 15) is 9.59 Å². The van der Waals surface area contributed by atoms with Crippen molar-refractivity contribution in [3.63, 3.8) is 0 Å². The van der Waals surface area contributed by atoms with Gasteiger partial charge in [-0.1, -0.05) is 17.7 Å². The van der Waals surface area contributed by atoms with Crippen molar-refractivity contribution in [2.24, 2.45) is 0 Å². The number of amides is 2. The van der Waals surface area contributed by atoms with E-state index < -0.39 is 17.5 Å². The molecule has 1 aromatic rings. The van der Waals surface area contributed by atoms with E-state index in [-0.39, 0.29) is 6.42 Å². The van der Waals surface area contributed by atoms with Crippen LogP contribution in [0.3, 0.4) is 0 Å². The minimum Gasteiger partial charge on any atom is -0.481 e. The van der Waals surface area contributed by atoms with Gasteiger partial charge in [0.1, 0.15) is 0 Å². The maximum absolute atomic E-state index is 11.8. The molecule has 0 aliphatic carbocycles. The van der Waals surface area contributed by atoms with Gasteiger partial charge >= 0.3 is 12.0 Å². The molecule has 0 fully saturated rings. The Morgan fingerprint density at radius 2 is 1.89 bits per heavy atom. The van der Waals surface area contributed by atoms with Crippen LogP contribution < -0.4 is 10.6 Å². The molecule has 0 atom stereocenters. The number of aliphatic carboxylic acids is 1. The van der Waals surface area contributed by atoms with Gasteiger partial charge in [-0.3, -0.25) is 4.79 Å². The first-order chi connectivity index (χ1) is 8.69. The Labute approximate surface area is 113 Å². The van der Waals surface area contributed by atoms with Crippen LogP contribution in [0.2, 0.25) is 0 Å². The molecule has 1 aromatic carbocycles. The van der Waals surface area contributed by atoms with Gasteiger partial charge < -0.3 is 15.7 Å². The van der Waals surface area contributed by atoms with Crippen LogP contribution in [0.5, 0.6) is 0 Å². The number of rotatable bonds is 4. The van der Waals surface area contributed by atoms with Gasteiger partial charge in [-0.2, -0.15) is 0 Å². The summed E-state index contributed by atoms with van der Waals surface area (Å²) in [4.78, 5) is 22.5. The molecule has 5 nitrogen and oxygen atoms in total. The van der Waals surface area contributed by atoms with Crippen molar-refractivity contribution in [2.75, 3.05) is 5.32 Å². The normalized spacial score (nSPS) is 10.9. The summed E-state index contributed by atoms with van der Waals surface area (Å²) in [5.41, 5.74) is 2.00. The summed E-state index contributed by atoms with van der Waals surface area (Å²) in [7, 11) is 0. The number of carbonyl (C=O) groups excluding carboxylic acids is 1. The highest BCUT2D eigenvalue weighted by Gasteiger charge is 2.23. The van der Waals surface area contributed by atoms with E-state index in [1.165, 1.54) is 0 Å². The Kier molecular flexibility index (Phi) is 4.53. The number of carbonyl (C=O) groups is 2. The van der Waals surface area contributed by atoms with Gasteiger partial charge in [-0.15, -0.1) is 0 Å². The average Bonchev–Trinajstić information content (AvgIpc) is 2.19. The molecular weight excluding hydrogens is 244 g/mol. The number of aryl methyl sites for hydroxylation is 2. The summed E-state index contributed by atoms with van der Waals surface area (Å²) in [6.07, 6.45) is -0.132. The lowest BCUT2D eigenvalue weighted by atomic mass is 10.0. The Morgan fingerprint density at radius 1 is 1.26 bits per heavy atom. The average molecular weight is 264 g/mol. The van der Waals surface area contributed by atoms with Crippen LogP contribution in [0.1, 0.15) is 31.4 Å². The van der Waals surface area contributed by atoms with Crippen LogP contribution >= 0.6 is 0 Å². The zero-order chi connectivity index (χ0) is 14.6. The lowest BCUT2D eigenvalue weighted by molar-refractivity contribution is -0.138. The fourth-order valence-corrected chi connectivity index (χ4v) is 1.84. The first-order valence-electron chi connectivity index (χ1n) is 6.08. The molecule has 5 heteroatoms. The van der Waals surface area contributed by atoms with E-state index in [2.05, 4.69) is 10.6 Å². The van der Waals surface area contributed by atoms with Crippen molar-refractivity contribution < 1.29 is 14.7 Å². The number of hydrogen-bond acceptors (Lipinski definition) is 2. The molecule has 0 radical (unpaired) electrons. The third kappa shape index (κ3) is 4.99. The van der Waals surface area contributed by atoms with Gasteiger partial charge in [-0.05, 0) is 39.3 Å². The SMILES string of the molecule is Cc1ccc(NC(=O)NC(C)(C)CC(=O)O)c(C)c1. The van der Waals surface area contributed by atoms with E-state index in [0.717, 1.165) is 11.1 Å². The summed E-state index contributed by atoms with van der Waals surface area (Å²) < 4.78 is 0. The van der Waals surface area contributed by atoms with Gasteiger partial charge in [0.15, 0.2) is 0 Å². The quantitative estimate of drug-likeness (QED) is 0.782. The maximum atomic E-state index is 11.8. The van der Waals surface area contributed by atoms with Crippen LogP contribution in [0, 0.1) is 13.8 Å². The predicted molar refractivity (Wildman–Crippen MR) is 74.4 cm³/mol. The number of nitrogens with one attached hydrogen (secondary N) is 2. The Morgan fingerprint density at radius 3 is 2.42 bits per heavy atom. The molecule has 2 amide bonds. The Hall–Kier alpha value is -2.04. The van der Waals surface area contributed by atoms with Crippen LogP contribution in [-0.2, 0) is 4.79 Å². The largest absolute Gasteiger partial charge is 0.481 e. The van der Waals surface area contributed by atoms with Gasteiger partial charge in [0.05, 0.1) is 6.42 Å². The Bertz CT molecular complexity index is 495. The van der Waals surface area contributed by atoms with E-state index >= 15 is 0 Å². The molecule has 0 spiro atoms. The second kappa shape index (κ2) is 5.73. The van der Waals surface area contributed by atoms with Crippen molar-refractivity contribution in [1.82, 2.24) is 5.32 Å². The summed E-state index contributed by atoms with van der Waals surface area (Å²) in [5, 5.41) is 14.1. The van der Waals surface area contributed by atoms with Crippen LogP contribution in [0.15, 0.2) is 18.2 Å². The molecule has 0 saturated heterocycles. The van der Waals surface area contributed by atoms with Crippen molar-refractivity contribution in [3.8, 4) is 0 Å². The van der Waals surface area contributed by atoms with Gasteiger partial charge in [0.2, 0.25) is 0 Å². The topological polar surface area (TPSA) is 78.4 Å². The van der Waals surface area contributed by atoms with Gasteiger partial charge in [0, 0.05) is 11.2 Å². The molecule has 1 rings (SSSR count). The summed E-state index contributed by atoms with van der Waals surface area (Å²) in [5.74, 6) is -0.947. The minimum atomic E-state index is -0.947. The molecule has 19 heavy (non-hydrogen) atoms. The van der Waals surface area contributed by atoms with E-state index in [1.54, 1.807) is 13.8 Å². The molecule has 0 saturated carbocycles. The third-order valence-corrected chi connectivity index (χ3v) is 2.68. The fourth-order valence-electron chi connectivity index (χ4n) is 1.84. The smallest absolute Gasteiger partial charge is 0.319 e. The van der Waals surface area contributed by atoms with Crippen LogP contribution in [-0.4, -0.2) is 22.6 Å². The maximum Gasteiger partial charge on any atom is 0.319 e. The van der Waals surface area contributed by atoms with E-state index in [0.29, 0.717) is 5.69 Å². The number of carboxylic acids is 1. The number of anilines is 1. The lowest BCUT2D eigenvalue weighted by Crippen LogP contribution is -2.46. The third-order valence-electron chi connectivity index (χ3n) is 2.68. The number of carboxylic acid groups (broad SMARTS) is 1. The molecule has 0 aliphatic rings. The van der Waals surface area contributed by atoms with Crippen molar-refractivity contribution in [2.45, 2.75) is 39.7 Å². The highest BCUT2D eigenvalue weighted by atomic mass is 16.4. The first kappa shape index (κ1) is 15.0. The van der Waals surface area contributed by atoms with E-state index in [4.69, 9.17) is 5.11 Å². The second-order valence-corrected chi connectivity index (χ2v) is 5.35. The first-order valence-corrected chi connectivity index (χ1v) is 6.08. The molecule has 0 aliphatic heterocycles. The summed E-state index contributed by atoms with van der Waals surface area (Å²) >= 11 is 0. The molecule has 0 bridgehead atoms. The molecule has 0 aromatic heterocycles. The van der Waals surface area contributed by atoms with Gasteiger partial charge in [0.25, 0.3) is 0 Å². The van der Waals surface area contributed by atoms with Gasteiger partial charge in [-0.25, -0.2) is 4.79 Å². The fraction of sp³-hybridized carbons (Fsp3) is 0.429. The Balaban J connectivity index is 2.67. The number of hydrogen-bond donors (Lipinski definition) is 3. The second-order valence-electron chi connectivity index (χ2n) is 5.35. The predicted octanol–water partition coefficient (Wildman–Crippen LogP) is 2.68. The van der Waals surface area contributed by atoms with Crippen LogP contribution in [0.4, 0.5) is 10.5 Å². The van der Waals surface area contributed by atoms with Crippen molar-refractivity contribution in [1.29, 1.82) is 0 Å². The monoisotopic (exact) mass is 264 g/mol. The van der Waals surface area contributed by atoms with Crippen molar-refractivity contribution >= 4 is 17.7 Å². The highest BCUT2D eigenvalue weighted by Crippen LogP contribution is 2.16. The number of urea groups is 1. The van der Waals surface area contributed by atoms with E-state index in [1.807, 2.05) is 32.0 Å². The summed E-state index contributed by atoms with van der Waals surface area (Å²) in [6, 6.07) is 5.30. The highest BCUT2D eigenvalue weighted by molar-refractivity contribution is 5.90. The zero-order valence-corrected chi connectivity index (χ0v) is 11.7. The molecule has 0 heterocycles. The lowest BCUT2D eigenvalue weighted by Gasteiger charge is -2.24. The number of benzene rings is 1. The molecule has 104 valence electrons. The van der Waals surface area contributed by atoms with Crippen molar-refractivity contribution in [3.05, 3.63) is 29.3 Å². The molecule has 3 N–H and O–H groups in total. The summed E-state index contributed by atoms with van der Waals surface area (Å²) in [6.45, 7) is 7.23. The minimum absolute atomic E-state index is 0.132. The standard InChI is InChI=1S/C14H20N2O3/c1-9-5-6-11(10(2)7-9)15-13(19)16-14(3,4)8-12(17)18/h5-7H,8H2,1-4H3,(H,17,18)(H2,15,16,19). The zero-order valence-electron chi connectivity index (χ0n) is 11.7.